The van der Waals surface area contributed by atoms with Gasteiger partial charge in [0.2, 0.25) is 0 Å². The Hall–Kier alpha value is -1.14. The Morgan fingerprint density at radius 1 is 1.39 bits per heavy atom. The zero-order chi connectivity index (χ0) is 16.4. The van der Waals surface area contributed by atoms with E-state index < -0.39 is 24.5 Å². The smallest absolute Gasteiger partial charge is 0.160 e. The summed E-state index contributed by atoms with van der Waals surface area (Å²) in [6.07, 6.45) is -2.05. The number of ether oxygens (including phenoxy) is 1. The molecule has 4 aliphatic rings. The van der Waals surface area contributed by atoms with Gasteiger partial charge < -0.3 is 25.0 Å². The van der Waals surface area contributed by atoms with Crippen molar-refractivity contribution in [3.05, 3.63) is 11.9 Å². The van der Waals surface area contributed by atoms with Crippen LogP contribution in [0.4, 0.5) is 0 Å². The van der Waals surface area contributed by atoms with Gasteiger partial charge in [-0.25, -0.2) is 5.01 Å². The highest BCUT2D eigenvalue weighted by Gasteiger charge is 2.56. The van der Waals surface area contributed by atoms with Crippen LogP contribution < -0.4 is 5.84 Å². The minimum Gasteiger partial charge on any atom is -0.394 e. The minimum atomic E-state index is -1.13. The molecule has 6 atom stereocenters. The molecule has 0 aromatic heterocycles. The van der Waals surface area contributed by atoms with E-state index in [1.54, 1.807) is 9.91 Å². The maximum Gasteiger partial charge on any atom is 0.160 e. The van der Waals surface area contributed by atoms with Gasteiger partial charge in [-0.15, -0.1) is 5.11 Å². The van der Waals surface area contributed by atoms with Crippen LogP contribution in [0, 0.1) is 5.41 Å². The van der Waals surface area contributed by atoms with E-state index in [0.29, 0.717) is 19.0 Å². The second-order valence-corrected chi connectivity index (χ2v) is 6.85. The van der Waals surface area contributed by atoms with E-state index >= 15 is 0 Å². The molecule has 5 N–H and O–H groups in total. The van der Waals surface area contributed by atoms with E-state index in [9.17, 15) is 15.3 Å². The number of hydrogen-bond donors (Lipinski definition) is 4. The Kier molecular flexibility index (Phi) is 3.47. The van der Waals surface area contributed by atoms with E-state index in [1.165, 1.54) is 0 Å². The van der Waals surface area contributed by atoms with Gasteiger partial charge >= 0.3 is 0 Å². The molecule has 4 rings (SSSR count). The molecule has 0 radical (unpaired) electrons. The van der Waals surface area contributed by atoms with Crippen molar-refractivity contribution in [3.8, 4) is 0 Å². The summed E-state index contributed by atoms with van der Waals surface area (Å²) >= 11 is 0. The van der Waals surface area contributed by atoms with Crippen molar-refractivity contribution in [1.29, 1.82) is 0 Å². The average molecular weight is 326 g/mol. The second-order valence-electron chi connectivity index (χ2n) is 6.85. The molecule has 2 fully saturated rings. The molecule has 10 nitrogen and oxygen atoms in total. The summed E-state index contributed by atoms with van der Waals surface area (Å²) in [7, 11) is 1.99. The summed E-state index contributed by atoms with van der Waals surface area (Å²) < 4.78 is 5.63. The predicted octanol–water partition coefficient (Wildman–Crippen LogP) is -2.56. The third-order valence-corrected chi connectivity index (χ3v) is 5.07. The lowest BCUT2D eigenvalue weighted by atomic mass is 9.83. The summed E-state index contributed by atoms with van der Waals surface area (Å²) in [5.41, 5.74) is -0.329. The lowest BCUT2D eigenvalue weighted by molar-refractivity contribution is -0.0956. The molecule has 23 heavy (non-hydrogen) atoms. The van der Waals surface area contributed by atoms with Gasteiger partial charge in [0.05, 0.1) is 18.7 Å². The van der Waals surface area contributed by atoms with Crippen molar-refractivity contribution in [1.82, 2.24) is 14.8 Å². The number of rotatable bonds is 2. The number of aliphatic hydroxyl groups is 3. The molecular weight excluding hydrogens is 304 g/mol. The zero-order valence-corrected chi connectivity index (χ0v) is 12.9. The molecule has 0 aliphatic carbocycles. The fourth-order valence-corrected chi connectivity index (χ4v) is 4.10. The van der Waals surface area contributed by atoms with Crippen molar-refractivity contribution >= 4 is 0 Å². The maximum absolute atomic E-state index is 10.3. The molecule has 0 saturated carbocycles. The normalized spacial score (nSPS) is 47.1. The molecule has 10 heteroatoms. The first-order valence-electron chi connectivity index (χ1n) is 7.68. The lowest BCUT2D eigenvalue weighted by Gasteiger charge is -2.46. The molecular formula is C13H22N6O4. The number of nitrogens with zero attached hydrogens (tertiary/aromatic N) is 5. The number of azo groups is 1. The summed E-state index contributed by atoms with van der Waals surface area (Å²) in [5, 5.41) is 39.7. The molecule has 2 bridgehead atoms. The Morgan fingerprint density at radius 3 is 2.87 bits per heavy atom. The van der Waals surface area contributed by atoms with Crippen LogP contribution in [-0.2, 0) is 4.74 Å². The van der Waals surface area contributed by atoms with Crippen LogP contribution in [0.2, 0.25) is 0 Å². The minimum absolute atomic E-state index is 0.260. The van der Waals surface area contributed by atoms with E-state index in [0.717, 1.165) is 6.54 Å². The largest absolute Gasteiger partial charge is 0.394 e. The number of nitrogens with two attached hydrogens (primary N) is 1. The van der Waals surface area contributed by atoms with Crippen molar-refractivity contribution in [2.45, 2.75) is 30.7 Å². The third-order valence-electron chi connectivity index (χ3n) is 5.07. The first-order valence-corrected chi connectivity index (χ1v) is 7.68. The van der Waals surface area contributed by atoms with Crippen LogP contribution in [0.3, 0.4) is 0 Å². The van der Waals surface area contributed by atoms with Gasteiger partial charge in [-0.3, -0.25) is 10.7 Å². The molecule has 0 aromatic rings. The Morgan fingerprint density at radius 2 is 2.17 bits per heavy atom. The molecule has 4 heterocycles. The summed E-state index contributed by atoms with van der Waals surface area (Å²) in [5.74, 6) is 6.70. The summed E-state index contributed by atoms with van der Waals surface area (Å²) in [6.45, 7) is 1.54. The zero-order valence-electron chi connectivity index (χ0n) is 12.9. The lowest BCUT2D eigenvalue weighted by Crippen LogP contribution is -2.63. The fourth-order valence-electron chi connectivity index (χ4n) is 4.10. The fraction of sp³-hybridized carbons (Fsp3) is 0.846. The number of hydrazine groups is 1. The highest BCUT2D eigenvalue weighted by Crippen LogP contribution is 2.46. The van der Waals surface area contributed by atoms with Gasteiger partial charge in [0.1, 0.15) is 30.3 Å². The van der Waals surface area contributed by atoms with E-state index in [4.69, 9.17) is 10.6 Å². The second kappa shape index (κ2) is 5.18. The molecule has 2 saturated heterocycles. The van der Waals surface area contributed by atoms with Crippen LogP contribution in [-0.4, -0.2) is 94.2 Å². The van der Waals surface area contributed by atoms with Crippen LogP contribution in [0.15, 0.2) is 22.1 Å². The van der Waals surface area contributed by atoms with Crippen LogP contribution in [0.25, 0.3) is 0 Å². The molecule has 1 spiro atoms. The van der Waals surface area contributed by atoms with Crippen molar-refractivity contribution < 1.29 is 20.1 Å². The quantitative estimate of drug-likeness (QED) is 0.408. The standard InChI is InChI=1S/C13H22N6O4/c1-17-4-13-2-8(15-16-12(13)19(14)6-17)18(5-13)11-10(22)9(21)7(3-20)23-11/h2,7,9-12,20-22H,3-6,14H2,1H3/t7-,9-,10-,11?,12?,13?/m1/s1. The van der Waals surface area contributed by atoms with Crippen molar-refractivity contribution in [2.75, 3.05) is 33.4 Å². The molecule has 4 aliphatic heterocycles. The Labute approximate surface area is 133 Å². The van der Waals surface area contributed by atoms with Crippen LogP contribution >= 0.6 is 0 Å². The number of aliphatic hydroxyl groups excluding tert-OH is 3. The summed E-state index contributed by atoms with van der Waals surface area (Å²) in [4.78, 5) is 3.91. The van der Waals surface area contributed by atoms with E-state index in [2.05, 4.69) is 15.1 Å². The highest BCUT2D eigenvalue weighted by molar-refractivity contribution is 5.24. The van der Waals surface area contributed by atoms with Gasteiger partial charge in [0.15, 0.2) is 6.23 Å². The van der Waals surface area contributed by atoms with Gasteiger partial charge in [0.25, 0.3) is 0 Å². The topological polar surface area (TPSA) is 130 Å². The highest BCUT2D eigenvalue weighted by atomic mass is 16.6. The van der Waals surface area contributed by atoms with Crippen molar-refractivity contribution in [3.63, 3.8) is 0 Å². The maximum atomic E-state index is 10.3. The van der Waals surface area contributed by atoms with Gasteiger partial charge in [-0.1, -0.05) is 0 Å². The Bertz CT molecular complexity index is 559. The molecule has 3 unspecified atom stereocenters. The van der Waals surface area contributed by atoms with Crippen molar-refractivity contribution in [2.24, 2.45) is 21.5 Å². The van der Waals surface area contributed by atoms with Gasteiger partial charge in [0, 0.05) is 13.1 Å². The Balaban J connectivity index is 1.61. The van der Waals surface area contributed by atoms with Gasteiger partial charge in [-0.05, 0) is 13.1 Å². The average Bonchev–Trinajstić information content (AvgIpc) is 2.93. The summed E-state index contributed by atoms with van der Waals surface area (Å²) in [6, 6.07) is 0. The predicted molar refractivity (Wildman–Crippen MR) is 77.1 cm³/mol. The van der Waals surface area contributed by atoms with E-state index in [1.807, 2.05) is 13.1 Å². The molecule has 0 amide bonds. The molecule has 128 valence electrons. The number of hydrogen-bond acceptors (Lipinski definition) is 10. The van der Waals surface area contributed by atoms with Gasteiger partial charge in [-0.2, -0.15) is 5.11 Å². The van der Waals surface area contributed by atoms with Crippen LogP contribution in [0.5, 0.6) is 0 Å². The van der Waals surface area contributed by atoms with E-state index in [-0.39, 0.29) is 18.2 Å². The third kappa shape index (κ3) is 2.14. The first kappa shape index (κ1) is 15.4. The van der Waals surface area contributed by atoms with Crippen LogP contribution in [0.1, 0.15) is 0 Å². The SMILES string of the molecule is CN1CN(N)C2N=NC3=CC2(C1)CN3C1O[C@H](CO)[C@@H](O)[C@H]1O. The monoisotopic (exact) mass is 326 g/mol. The first-order chi connectivity index (χ1) is 10.9. The molecule has 0 aromatic carbocycles.